The summed E-state index contributed by atoms with van der Waals surface area (Å²) >= 11 is 1.07. The van der Waals surface area contributed by atoms with Gasteiger partial charge in [-0.15, -0.1) is 11.3 Å². The Labute approximate surface area is 171 Å². The van der Waals surface area contributed by atoms with Crippen molar-refractivity contribution in [1.29, 1.82) is 0 Å². The fourth-order valence-corrected chi connectivity index (χ4v) is 3.07. The number of amides is 1. The average molecular weight is 426 g/mol. The van der Waals surface area contributed by atoms with Crippen molar-refractivity contribution in [2.75, 3.05) is 5.73 Å². The topological polar surface area (TPSA) is 173 Å². The summed E-state index contributed by atoms with van der Waals surface area (Å²) in [7, 11) is -1.31. The molecule has 1 saturated heterocycles. The summed E-state index contributed by atoms with van der Waals surface area (Å²) in [5.74, 6) is -2.82. The van der Waals surface area contributed by atoms with Crippen LogP contribution in [0.1, 0.15) is 45.7 Å². The molecule has 1 aliphatic heterocycles. The molecule has 0 spiro atoms. The number of carboxylic acids is 1. The Morgan fingerprint density at radius 1 is 1.48 bits per heavy atom. The Balaban J connectivity index is 2.14. The number of oxime groups is 1. The van der Waals surface area contributed by atoms with Crippen LogP contribution in [0, 0.1) is 0 Å². The molecule has 0 saturated carbocycles. The minimum atomic E-state index is -1.68. The van der Waals surface area contributed by atoms with Gasteiger partial charge in [-0.2, -0.15) is 0 Å². The third kappa shape index (κ3) is 6.24. The number of nitrogens with zero attached hydrogens (tertiary/aromatic N) is 2. The van der Waals surface area contributed by atoms with Crippen molar-refractivity contribution in [3.8, 4) is 0 Å². The molecule has 158 valence electrons. The molecule has 2 heterocycles. The molecule has 0 bridgehead atoms. The molecule has 2 atom stereocenters. The minimum absolute atomic E-state index is 0.0570. The summed E-state index contributed by atoms with van der Waals surface area (Å²) < 4.78 is 5.38. The van der Waals surface area contributed by atoms with Crippen LogP contribution in [0.15, 0.2) is 10.5 Å². The third-order valence-electron chi connectivity index (χ3n) is 4.17. The Hall–Kier alpha value is -2.51. The molecule has 0 radical (unpaired) electrons. The van der Waals surface area contributed by atoms with Crippen molar-refractivity contribution in [2.45, 2.75) is 57.7 Å². The number of thiazole rings is 1. The second-order valence-electron chi connectivity index (χ2n) is 7.13. The van der Waals surface area contributed by atoms with E-state index in [0.717, 1.165) is 11.3 Å². The van der Waals surface area contributed by atoms with Crippen molar-refractivity contribution in [2.24, 2.45) is 5.16 Å². The van der Waals surface area contributed by atoms with E-state index in [1.54, 1.807) is 0 Å². The van der Waals surface area contributed by atoms with Crippen molar-refractivity contribution in [3.63, 3.8) is 0 Å². The summed E-state index contributed by atoms with van der Waals surface area (Å²) in [6.07, 6.45) is 0.613. The number of nitrogens with two attached hydrogens (primary N) is 1. The summed E-state index contributed by atoms with van der Waals surface area (Å²) in [5, 5.41) is 27.2. The maximum absolute atomic E-state index is 12.7. The Kier molecular flexibility index (Phi) is 7.33. The fraction of sp³-hybridized carbons (Fsp3) is 0.562. The highest BCUT2D eigenvalue weighted by molar-refractivity contribution is 7.13. The SMILES string of the molecule is CC(=O)C[C@@H]1CC[C@H](NC(=O)/C(=N/OC(C)(C)C(=O)O)c2csc(N)n2)B(O)O1. The van der Waals surface area contributed by atoms with Crippen LogP contribution in [0.4, 0.5) is 5.13 Å². The Morgan fingerprint density at radius 2 is 2.17 bits per heavy atom. The molecular weight excluding hydrogens is 403 g/mol. The number of aromatic nitrogens is 1. The van der Waals surface area contributed by atoms with Crippen LogP contribution < -0.4 is 11.1 Å². The van der Waals surface area contributed by atoms with E-state index in [0.29, 0.717) is 12.8 Å². The number of hydrogen-bond donors (Lipinski definition) is 4. The largest absolute Gasteiger partial charge is 0.478 e. The fourth-order valence-electron chi connectivity index (χ4n) is 2.52. The number of anilines is 1. The van der Waals surface area contributed by atoms with E-state index >= 15 is 0 Å². The lowest BCUT2D eigenvalue weighted by Crippen LogP contribution is -2.54. The highest BCUT2D eigenvalue weighted by Gasteiger charge is 2.38. The first kappa shape index (κ1) is 22.8. The molecule has 29 heavy (non-hydrogen) atoms. The smallest absolute Gasteiger partial charge is 0.478 e. The maximum Gasteiger partial charge on any atom is 0.478 e. The van der Waals surface area contributed by atoms with Crippen molar-refractivity contribution >= 4 is 47.0 Å². The number of ketones is 1. The Bertz CT molecular complexity index is 813. The summed E-state index contributed by atoms with van der Waals surface area (Å²) in [6.45, 7) is 3.99. The molecule has 0 aromatic carbocycles. The van der Waals surface area contributed by atoms with Crippen molar-refractivity contribution in [3.05, 3.63) is 11.1 Å². The summed E-state index contributed by atoms with van der Waals surface area (Å²) in [6, 6.07) is 0. The number of hydrogen-bond acceptors (Lipinski definition) is 10. The molecule has 1 aromatic heterocycles. The van der Waals surface area contributed by atoms with E-state index in [-0.39, 0.29) is 28.7 Å². The predicted octanol–water partition coefficient (Wildman–Crippen LogP) is -0.0282. The molecule has 1 aromatic rings. The first-order valence-corrected chi connectivity index (χ1v) is 9.72. The van der Waals surface area contributed by atoms with E-state index in [1.165, 1.54) is 26.2 Å². The highest BCUT2D eigenvalue weighted by Crippen LogP contribution is 2.20. The van der Waals surface area contributed by atoms with Crippen molar-refractivity contribution < 1.29 is 34.0 Å². The summed E-state index contributed by atoms with van der Waals surface area (Å²) in [4.78, 5) is 44.2. The molecule has 11 nitrogen and oxygen atoms in total. The van der Waals surface area contributed by atoms with E-state index in [2.05, 4.69) is 15.5 Å². The van der Waals surface area contributed by atoms with Gasteiger partial charge in [0.25, 0.3) is 5.91 Å². The number of carbonyl (C=O) groups excluding carboxylic acids is 2. The number of nitrogens with one attached hydrogen (secondary N) is 1. The lowest BCUT2D eigenvalue weighted by Gasteiger charge is -2.31. The van der Waals surface area contributed by atoms with E-state index in [1.807, 2.05) is 0 Å². The van der Waals surface area contributed by atoms with E-state index in [9.17, 15) is 19.4 Å². The zero-order chi connectivity index (χ0) is 21.8. The van der Waals surface area contributed by atoms with Gasteiger partial charge in [-0.3, -0.25) is 9.59 Å². The van der Waals surface area contributed by atoms with Crippen LogP contribution in [0.5, 0.6) is 0 Å². The molecule has 2 rings (SSSR count). The van der Waals surface area contributed by atoms with Crippen LogP contribution in [0.2, 0.25) is 0 Å². The Morgan fingerprint density at radius 3 is 2.69 bits per heavy atom. The lowest BCUT2D eigenvalue weighted by atomic mass is 9.72. The average Bonchev–Trinajstić information content (AvgIpc) is 3.03. The van der Waals surface area contributed by atoms with Gasteiger partial charge in [-0.05, 0) is 33.6 Å². The van der Waals surface area contributed by atoms with Crippen LogP contribution in [-0.2, 0) is 23.9 Å². The van der Waals surface area contributed by atoms with Crippen LogP contribution in [0.25, 0.3) is 0 Å². The van der Waals surface area contributed by atoms with Gasteiger partial charge in [0, 0.05) is 17.9 Å². The number of nitrogen functional groups attached to an aromatic ring is 1. The first-order chi connectivity index (χ1) is 13.5. The van der Waals surface area contributed by atoms with Gasteiger partial charge < -0.3 is 30.7 Å². The number of Topliss-reactive ketones (excluding diaryl/α,β-unsaturated/α-hetero) is 1. The number of carboxylic acid groups (broad SMARTS) is 1. The molecule has 13 heteroatoms. The first-order valence-electron chi connectivity index (χ1n) is 8.84. The number of carbonyl (C=O) groups is 3. The normalized spacial score (nSPS) is 20.3. The standard InChI is InChI=1S/C16H23BN4O7S/c1-8(22)6-9-4-5-11(17(26)27-9)20-13(23)12(10-7-29-15(18)19-10)21-28-16(2,3)14(24)25/h7,9,11,26H,4-6H2,1-3H3,(H2,18,19)(H,20,23)(H,24,25)/b21-12+/t9-,11-/m0/s1. The third-order valence-corrected chi connectivity index (χ3v) is 4.84. The van der Waals surface area contributed by atoms with Gasteiger partial charge >= 0.3 is 13.1 Å². The minimum Gasteiger partial charge on any atom is -0.478 e. The maximum atomic E-state index is 12.7. The molecule has 1 amide bonds. The number of rotatable bonds is 8. The second kappa shape index (κ2) is 9.33. The van der Waals surface area contributed by atoms with Gasteiger partial charge in [0.1, 0.15) is 11.5 Å². The van der Waals surface area contributed by atoms with Gasteiger partial charge in [-0.25, -0.2) is 9.78 Å². The van der Waals surface area contributed by atoms with Gasteiger partial charge in [0.15, 0.2) is 10.8 Å². The van der Waals surface area contributed by atoms with Crippen molar-refractivity contribution in [1.82, 2.24) is 10.3 Å². The second-order valence-corrected chi connectivity index (χ2v) is 8.02. The zero-order valence-electron chi connectivity index (χ0n) is 16.2. The molecule has 1 fully saturated rings. The zero-order valence-corrected chi connectivity index (χ0v) is 17.1. The quantitative estimate of drug-likeness (QED) is 0.253. The molecule has 1 aliphatic rings. The van der Waals surface area contributed by atoms with Gasteiger partial charge in [0.05, 0.1) is 5.94 Å². The molecule has 0 unspecified atom stereocenters. The summed E-state index contributed by atoms with van der Waals surface area (Å²) in [5.41, 5.74) is 3.74. The van der Waals surface area contributed by atoms with E-state index in [4.69, 9.17) is 20.3 Å². The predicted molar refractivity (Wildman–Crippen MR) is 105 cm³/mol. The highest BCUT2D eigenvalue weighted by atomic mass is 32.1. The molecule has 5 N–H and O–H groups in total. The van der Waals surface area contributed by atoms with E-state index < -0.39 is 36.6 Å². The monoisotopic (exact) mass is 426 g/mol. The van der Waals surface area contributed by atoms with Gasteiger partial charge in [-0.1, -0.05) is 5.16 Å². The lowest BCUT2D eigenvalue weighted by molar-refractivity contribution is -0.161. The molecule has 0 aliphatic carbocycles. The van der Waals surface area contributed by atoms with Gasteiger partial charge in [0.2, 0.25) is 5.60 Å². The van der Waals surface area contributed by atoms with Crippen LogP contribution >= 0.6 is 11.3 Å². The molecular formula is C16H23BN4O7S. The van der Waals surface area contributed by atoms with Crippen LogP contribution in [0.3, 0.4) is 0 Å². The van der Waals surface area contributed by atoms with Crippen LogP contribution in [-0.4, -0.2) is 63.3 Å². The number of aliphatic carboxylic acids is 1.